The van der Waals surface area contributed by atoms with Crippen LogP contribution in [0, 0.1) is 6.92 Å². The second kappa shape index (κ2) is 11.2. The van der Waals surface area contributed by atoms with Crippen LogP contribution < -0.4 is 15.4 Å². The maximum absolute atomic E-state index is 11.6. The number of carbonyl (C=O) groups is 1. The summed E-state index contributed by atoms with van der Waals surface area (Å²) in [6, 6.07) is 5.31. The molecule has 2 heterocycles. The topological polar surface area (TPSA) is 109 Å². The third-order valence-corrected chi connectivity index (χ3v) is 5.27. The predicted molar refractivity (Wildman–Crippen MR) is 121 cm³/mol. The van der Waals surface area contributed by atoms with Crippen molar-refractivity contribution in [2.45, 2.75) is 39.8 Å². The van der Waals surface area contributed by atoms with Gasteiger partial charge in [0.1, 0.15) is 18.2 Å². The Hall–Kier alpha value is -2.78. The Balaban J connectivity index is 1.97. The molecule has 1 fully saturated rings. The number of hydrogen-bond donors (Lipinski definition) is 1. The fraction of sp³-hybridized carbons (Fsp3) is 0.500. The summed E-state index contributed by atoms with van der Waals surface area (Å²) in [4.78, 5) is 22.4. The zero-order chi connectivity index (χ0) is 23.1. The molecule has 1 unspecified atom stereocenters. The minimum absolute atomic E-state index is 0.0132. The molecule has 9 nitrogen and oxygen atoms in total. The number of aromatic nitrogens is 2. The van der Waals surface area contributed by atoms with Crippen LogP contribution in [0.2, 0.25) is 5.02 Å². The molecule has 1 aliphatic heterocycles. The molecule has 0 spiro atoms. The predicted octanol–water partition coefficient (Wildman–Crippen LogP) is 4.06. The van der Waals surface area contributed by atoms with Gasteiger partial charge in [-0.05, 0) is 44.9 Å². The molecule has 1 aromatic heterocycles. The van der Waals surface area contributed by atoms with Gasteiger partial charge in [-0.3, -0.25) is 0 Å². The number of benzene rings is 1. The highest BCUT2D eigenvalue weighted by Crippen LogP contribution is 2.37. The number of nitrogen functional groups attached to an aromatic ring is 1. The number of aryl methyl sites for hydroxylation is 1. The summed E-state index contributed by atoms with van der Waals surface area (Å²) in [5.41, 5.74) is 8.16. The monoisotopic (exact) mass is 464 g/mol. The van der Waals surface area contributed by atoms with Crippen molar-refractivity contribution < 1.29 is 23.7 Å². The average molecular weight is 465 g/mol. The summed E-state index contributed by atoms with van der Waals surface area (Å²) >= 11 is 6.71. The molecule has 1 aliphatic rings. The lowest BCUT2D eigenvalue weighted by molar-refractivity contribution is 0.0530. The molecule has 2 aromatic rings. The van der Waals surface area contributed by atoms with Gasteiger partial charge in [-0.15, -0.1) is 0 Å². The second-order valence-corrected chi connectivity index (χ2v) is 7.66. The van der Waals surface area contributed by atoms with Crippen molar-refractivity contribution in [2.75, 3.05) is 43.6 Å². The maximum Gasteiger partial charge on any atom is 0.508 e. The molecule has 1 saturated heterocycles. The van der Waals surface area contributed by atoms with E-state index >= 15 is 0 Å². The van der Waals surface area contributed by atoms with E-state index in [-0.39, 0.29) is 25.2 Å². The Bertz CT molecular complexity index is 923. The van der Waals surface area contributed by atoms with Gasteiger partial charge >= 0.3 is 6.16 Å². The first kappa shape index (κ1) is 23.9. The molecule has 0 radical (unpaired) electrons. The van der Waals surface area contributed by atoms with E-state index in [4.69, 9.17) is 36.3 Å². The summed E-state index contributed by atoms with van der Waals surface area (Å²) in [6.45, 7) is 7.92. The third-order valence-electron chi connectivity index (χ3n) is 4.94. The number of carbonyl (C=O) groups excluding carboxylic acids is 1. The molecule has 10 heteroatoms. The number of hydrogen-bond acceptors (Lipinski definition) is 9. The first-order valence-corrected chi connectivity index (χ1v) is 11.0. The molecule has 0 saturated carbocycles. The van der Waals surface area contributed by atoms with Gasteiger partial charge in [0.05, 0.1) is 25.9 Å². The SMILES string of the molecule is CCOC(=O)OCc1cc(Cl)c(C2COCCCN2c2cc(C)nc(N)n2)cc1OCC. The lowest BCUT2D eigenvalue weighted by Crippen LogP contribution is -2.32. The molecule has 174 valence electrons. The Morgan fingerprint density at radius 2 is 2.06 bits per heavy atom. The fourth-order valence-corrected chi connectivity index (χ4v) is 3.91. The van der Waals surface area contributed by atoms with Gasteiger partial charge in [-0.1, -0.05) is 11.6 Å². The van der Waals surface area contributed by atoms with Crippen molar-refractivity contribution in [1.82, 2.24) is 9.97 Å². The summed E-state index contributed by atoms with van der Waals surface area (Å²) in [5, 5.41) is 0.509. The number of anilines is 2. The van der Waals surface area contributed by atoms with E-state index in [0.717, 1.165) is 17.7 Å². The highest BCUT2D eigenvalue weighted by Gasteiger charge is 2.28. The van der Waals surface area contributed by atoms with Crippen molar-refractivity contribution in [3.63, 3.8) is 0 Å². The summed E-state index contributed by atoms with van der Waals surface area (Å²) in [6.07, 6.45) is 0.0936. The van der Waals surface area contributed by atoms with Crippen LogP contribution in [-0.4, -0.2) is 49.1 Å². The molecule has 0 aliphatic carbocycles. The summed E-state index contributed by atoms with van der Waals surface area (Å²) in [7, 11) is 0. The van der Waals surface area contributed by atoms with Gasteiger partial charge < -0.3 is 29.6 Å². The smallest absolute Gasteiger partial charge is 0.493 e. The third kappa shape index (κ3) is 5.92. The second-order valence-electron chi connectivity index (χ2n) is 7.25. The number of nitrogens with zero attached hydrogens (tertiary/aromatic N) is 3. The molecule has 0 bridgehead atoms. The van der Waals surface area contributed by atoms with E-state index in [0.29, 0.717) is 48.5 Å². The minimum Gasteiger partial charge on any atom is -0.493 e. The van der Waals surface area contributed by atoms with E-state index in [2.05, 4.69) is 14.9 Å². The Morgan fingerprint density at radius 1 is 1.25 bits per heavy atom. The molecule has 32 heavy (non-hydrogen) atoms. The van der Waals surface area contributed by atoms with Crippen LogP contribution in [0.15, 0.2) is 18.2 Å². The molecule has 3 rings (SSSR count). The van der Waals surface area contributed by atoms with E-state index in [1.165, 1.54) is 0 Å². The molecular formula is C22H29ClN4O5. The zero-order valence-electron chi connectivity index (χ0n) is 18.6. The standard InChI is InChI=1S/C22H29ClN4O5/c1-4-30-19-11-16(17(23)10-15(19)12-32-22(28)31-5-2)18-13-29-8-6-7-27(18)20-9-14(3)25-21(24)26-20/h9-11,18H,4-8,12-13H2,1-3H3,(H2,24,25,26). The van der Waals surface area contributed by atoms with Crippen LogP contribution in [-0.2, 0) is 20.8 Å². The first-order valence-electron chi connectivity index (χ1n) is 10.6. The lowest BCUT2D eigenvalue weighted by Gasteiger charge is -2.32. The molecule has 1 aromatic carbocycles. The van der Waals surface area contributed by atoms with E-state index < -0.39 is 6.16 Å². The van der Waals surface area contributed by atoms with Crippen LogP contribution in [0.4, 0.5) is 16.6 Å². The molecule has 2 N–H and O–H groups in total. The van der Waals surface area contributed by atoms with E-state index in [9.17, 15) is 4.79 Å². The van der Waals surface area contributed by atoms with Gasteiger partial charge in [0.25, 0.3) is 0 Å². The van der Waals surface area contributed by atoms with Crippen molar-refractivity contribution in [3.8, 4) is 5.75 Å². The van der Waals surface area contributed by atoms with Crippen LogP contribution in [0.1, 0.15) is 43.1 Å². The van der Waals surface area contributed by atoms with Crippen molar-refractivity contribution in [2.24, 2.45) is 0 Å². The van der Waals surface area contributed by atoms with Gasteiger partial charge in [0.2, 0.25) is 5.95 Å². The summed E-state index contributed by atoms with van der Waals surface area (Å²) in [5.74, 6) is 1.52. The van der Waals surface area contributed by atoms with Crippen LogP contribution >= 0.6 is 11.6 Å². The van der Waals surface area contributed by atoms with Crippen LogP contribution in [0.5, 0.6) is 5.75 Å². The number of nitrogens with two attached hydrogens (primary N) is 1. The van der Waals surface area contributed by atoms with Crippen molar-refractivity contribution >= 4 is 29.5 Å². The van der Waals surface area contributed by atoms with Crippen LogP contribution in [0.25, 0.3) is 0 Å². The van der Waals surface area contributed by atoms with Gasteiger partial charge in [0, 0.05) is 35.5 Å². The highest BCUT2D eigenvalue weighted by molar-refractivity contribution is 6.31. The Kier molecular flexibility index (Phi) is 8.35. The molecule has 1 atom stereocenters. The van der Waals surface area contributed by atoms with E-state index in [1.54, 1.807) is 13.0 Å². The largest absolute Gasteiger partial charge is 0.508 e. The molecular weight excluding hydrogens is 436 g/mol. The minimum atomic E-state index is -0.741. The number of rotatable bonds is 7. The molecule has 0 amide bonds. The Labute approximate surface area is 192 Å². The fourth-order valence-electron chi connectivity index (χ4n) is 3.60. The zero-order valence-corrected chi connectivity index (χ0v) is 19.4. The van der Waals surface area contributed by atoms with E-state index in [1.807, 2.05) is 26.0 Å². The van der Waals surface area contributed by atoms with Crippen LogP contribution in [0.3, 0.4) is 0 Å². The highest BCUT2D eigenvalue weighted by atomic mass is 35.5. The Morgan fingerprint density at radius 3 is 2.78 bits per heavy atom. The average Bonchev–Trinajstić information content (AvgIpc) is 2.99. The van der Waals surface area contributed by atoms with Crippen molar-refractivity contribution in [1.29, 1.82) is 0 Å². The first-order chi connectivity index (χ1) is 15.4. The van der Waals surface area contributed by atoms with Gasteiger partial charge in [0.15, 0.2) is 0 Å². The summed E-state index contributed by atoms with van der Waals surface area (Å²) < 4.78 is 21.7. The van der Waals surface area contributed by atoms with Gasteiger partial charge in [-0.25, -0.2) is 9.78 Å². The maximum atomic E-state index is 11.6. The number of halogens is 1. The quantitative estimate of drug-likeness (QED) is 0.606. The lowest BCUT2D eigenvalue weighted by atomic mass is 10.0. The normalized spacial score (nSPS) is 16.4. The van der Waals surface area contributed by atoms with Gasteiger partial charge in [-0.2, -0.15) is 4.98 Å². The number of ether oxygens (including phenoxy) is 4. The van der Waals surface area contributed by atoms with Crippen molar-refractivity contribution in [3.05, 3.63) is 40.0 Å².